The van der Waals surface area contributed by atoms with Gasteiger partial charge in [0.1, 0.15) is 6.29 Å². The minimum Gasteiger partial charge on any atom is -0.396 e. The number of carbonyl (C=O) groups excluding carboxylic acids is 1. The Kier molecular flexibility index (Phi) is 12.3. The standard InChI is InChI=1S/C15H13Cl3O.C15H11Cl3O/c2*16-13-4-1-10(2-5-13)12(9-19)7-11-3-6-14(17)8-15(11)18/h1-6,8,12,19H,7,9H2;1-6,8-9,12H,7H2. The van der Waals surface area contributed by atoms with Crippen molar-refractivity contribution in [2.45, 2.75) is 24.7 Å². The Balaban J connectivity index is 0.000000211. The van der Waals surface area contributed by atoms with E-state index in [4.69, 9.17) is 69.6 Å². The van der Waals surface area contributed by atoms with Crippen molar-refractivity contribution in [3.63, 3.8) is 0 Å². The average molecular weight is 629 g/mol. The summed E-state index contributed by atoms with van der Waals surface area (Å²) < 4.78 is 0. The summed E-state index contributed by atoms with van der Waals surface area (Å²) in [6.07, 6.45) is 2.13. The number of halogens is 6. The molecule has 2 unspecified atom stereocenters. The molecule has 4 aromatic carbocycles. The smallest absolute Gasteiger partial charge is 0.127 e. The Morgan fingerprint density at radius 1 is 0.579 bits per heavy atom. The number of hydrogen-bond donors (Lipinski definition) is 1. The number of carbonyl (C=O) groups is 1. The van der Waals surface area contributed by atoms with Gasteiger partial charge in [0.05, 0.1) is 6.61 Å². The third kappa shape index (κ3) is 9.17. The normalized spacial score (nSPS) is 12.3. The maximum absolute atomic E-state index is 11.3. The van der Waals surface area contributed by atoms with Crippen LogP contribution in [0.5, 0.6) is 0 Å². The molecule has 0 fully saturated rings. The fourth-order valence-electron chi connectivity index (χ4n) is 3.85. The zero-order valence-corrected chi connectivity index (χ0v) is 24.6. The van der Waals surface area contributed by atoms with E-state index in [1.165, 1.54) is 0 Å². The van der Waals surface area contributed by atoms with Crippen molar-refractivity contribution in [3.05, 3.63) is 137 Å². The van der Waals surface area contributed by atoms with Crippen LogP contribution in [0.15, 0.2) is 84.9 Å². The van der Waals surface area contributed by atoms with Gasteiger partial charge in [-0.25, -0.2) is 0 Å². The molecule has 0 bridgehead atoms. The van der Waals surface area contributed by atoms with Crippen LogP contribution in [0.2, 0.25) is 30.1 Å². The zero-order chi connectivity index (χ0) is 27.7. The summed E-state index contributed by atoms with van der Waals surface area (Å²) in [5.74, 6) is -0.244. The van der Waals surface area contributed by atoms with Gasteiger partial charge in [0, 0.05) is 42.0 Å². The quantitative estimate of drug-likeness (QED) is 0.197. The molecular weight excluding hydrogens is 605 g/mol. The highest BCUT2D eigenvalue weighted by Gasteiger charge is 2.15. The number of aldehydes is 1. The Bertz CT molecular complexity index is 1340. The molecule has 4 aromatic rings. The molecule has 2 nitrogen and oxygen atoms in total. The third-order valence-corrected chi connectivity index (χ3v) is 7.64. The largest absolute Gasteiger partial charge is 0.396 e. The summed E-state index contributed by atoms with van der Waals surface area (Å²) >= 11 is 35.7. The molecule has 4 rings (SSSR count). The minimum atomic E-state index is -0.240. The lowest BCUT2D eigenvalue weighted by Gasteiger charge is -2.16. The van der Waals surface area contributed by atoms with Crippen LogP contribution in [0, 0.1) is 0 Å². The lowest BCUT2D eigenvalue weighted by atomic mass is 9.93. The van der Waals surface area contributed by atoms with E-state index in [1.54, 1.807) is 36.4 Å². The van der Waals surface area contributed by atoms with Crippen molar-refractivity contribution in [1.29, 1.82) is 0 Å². The summed E-state index contributed by atoms with van der Waals surface area (Å²) in [4.78, 5) is 11.3. The van der Waals surface area contributed by atoms with Crippen molar-refractivity contribution in [2.24, 2.45) is 0 Å². The maximum Gasteiger partial charge on any atom is 0.127 e. The second-order valence-corrected chi connectivity index (χ2v) is 11.2. The molecular formula is C30H24Cl6O2. The summed E-state index contributed by atoms with van der Waals surface area (Å²) in [5.41, 5.74) is 3.83. The van der Waals surface area contributed by atoms with Gasteiger partial charge >= 0.3 is 0 Å². The summed E-state index contributed by atoms with van der Waals surface area (Å²) in [6, 6.07) is 25.5. The van der Waals surface area contributed by atoms with Crippen LogP contribution >= 0.6 is 69.6 Å². The van der Waals surface area contributed by atoms with Gasteiger partial charge in [0.25, 0.3) is 0 Å². The number of hydrogen-bond acceptors (Lipinski definition) is 2. The molecule has 0 aliphatic heterocycles. The van der Waals surface area contributed by atoms with Crippen LogP contribution in [0.3, 0.4) is 0 Å². The van der Waals surface area contributed by atoms with Gasteiger partial charge in [-0.05, 0) is 83.6 Å². The van der Waals surface area contributed by atoms with Gasteiger partial charge in [-0.2, -0.15) is 0 Å². The highest BCUT2D eigenvalue weighted by Crippen LogP contribution is 2.29. The number of aliphatic hydroxyl groups excluding tert-OH is 1. The Hall–Kier alpha value is -1.75. The highest BCUT2D eigenvalue weighted by molar-refractivity contribution is 6.35. The Morgan fingerprint density at radius 2 is 1.00 bits per heavy atom. The molecule has 38 heavy (non-hydrogen) atoms. The second kappa shape index (κ2) is 15.1. The maximum atomic E-state index is 11.3. The molecule has 0 saturated carbocycles. The van der Waals surface area contributed by atoms with Crippen LogP contribution in [0.1, 0.15) is 34.1 Å². The molecule has 0 amide bonds. The first-order valence-corrected chi connectivity index (χ1v) is 13.9. The number of benzene rings is 4. The van der Waals surface area contributed by atoms with Crippen LogP contribution in [0.4, 0.5) is 0 Å². The fourth-order valence-corrected chi connectivity index (χ4v) is 5.08. The molecule has 198 valence electrons. The molecule has 2 atom stereocenters. The SMILES string of the molecule is O=CC(Cc1ccc(Cl)cc1Cl)c1ccc(Cl)cc1.OCC(Cc1ccc(Cl)cc1Cl)c1ccc(Cl)cc1. The number of aliphatic hydroxyl groups is 1. The van der Waals surface area contributed by atoms with Crippen LogP contribution in [-0.2, 0) is 17.6 Å². The van der Waals surface area contributed by atoms with Gasteiger partial charge in [-0.15, -0.1) is 0 Å². The predicted molar refractivity (Wildman–Crippen MR) is 162 cm³/mol. The molecule has 0 aliphatic carbocycles. The summed E-state index contributed by atoms with van der Waals surface area (Å²) in [6.45, 7) is 0.0561. The van der Waals surface area contributed by atoms with E-state index in [-0.39, 0.29) is 18.4 Å². The highest BCUT2D eigenvalue weighted by atomic mass is 35.5. The second-order valence-electron chi connectivity index (χ2n) is 8.60. The van der Waals surface area contributed by atoms with Crippen LogP contribution < -0.4 is 0 Å². The lowest BCUT2D eigenvalue weighted by molar-refractivity contribution is -0.109. The monoisotopic (exact) mass is 626 g/mol. The fraction of sp³-hybridized carbons (Fsp3) is 0.167. The van der Waals surface area contributed by atoms with Gasteiger partial charge in [0.2, 0.25) is 0 Å². The molecule has 0 heterocycles. The van der Waals surface area contributed by atoms with Crippen molar-refractivity contribution in [3.8, 4) is 0 Å². The van der Waals surface area contributed by atoms with E-state index >= 15 is 0 Å². The van der Waals surface area contributed by atoms with E-state index in [9.17, 15) is 9.90 Å². The van der Waals surface area contributed by atoms with Gasteiger partial charge in [-0.1, -0.05) is 106 Å². The topological polar surface area (TPSA) is 37.3 Å². The first-order chi connectivity index (χ1) is 18.2. The van der Waals surface area contributed by atoms with Crippen molar-refractivity contribution in [2.75, 3.05) is 6.61 Å². The van der Waals surface area contributed by atoms with Crippen molar-refractivity contribution < 1.29 is 9.90 Å². The van der Waals surface area contributed by atoms with Gasteiger partial charge < -0.3 is 9.90 Å². The Morgan fingerprint density at radius 3 is 1.42 bits per heavy atom. The molecule has 0 radical (unpaired) electrons. The number of rotatable bonds is 8. The van der Waals surface area contributed by atoms with E-state index < -0.39 is 0 Å². The van der Waals surface area contributed by atoms with Crippen molar-refractivity contribution >= 4 is 75.9 Å². The zero-order valence-electron chi connectivity index (χ0n) is 20.1. The van der Waals surface area contributed by atoms with Crippen LogP contribution in [0.25, 0.3) is 0 Å². The average Bonchev–Trinajstić information content (AvgIpc) is 2.90. The van der Waals surface area contributed by atoms with Crippen molar-refractivity contribution in [1.82, 2.24) is 0 Å². The molecule has 0 aromatic heterocycles. The molecule has 1 N–H and O–H groups in total. The molecule has 0 saturated heterocycles. The summed E-state index contributed by atoms with van der Waals surface area (Å²) in [7, 11) is 0. The molecule has 8 heteroatoms. The Labute approximate surface area is 253 Å². The first kappa shape index (κ1) is 30.8. The van der Waals surface area contributed by atoms with Gasteiger partial charge in [0.15, 0.2) is 0 Å². The third-order valence-electron chi connectivity index (χ3n) is 5.96. The lowest BCUT2D eigenvalue weighted by Crippen LogP contribution is -2.08. The van der Waals surface area contributed by atoms with Crippen LogP contribution in [-0.4, -0.2) is 18.0 Å². The minimum absolute atomic E-state index is 0.00376. The van der Waals surface area contributed by atoms with E-state index in [2.05, 4.69) is 0 Å². The van der Waals surface area contributed by atoms with E-state index in [0.717, 1.165) is 28.5 Å². The summed E-state index contributed by atoms with van der Waals surface area (Å²) in [5, 5.41) is 13.3. The predicted octanol–water partition coefficient (Wildman–Crippen LogP) is 10.1. The molecule has 0 aliphatic rings. The van der Waals surface area contributed by atoms with E-state index in [0.29, 0.717) is 43.0 Å². The molecule has 0 spiro atoms. The van der Waals surface area contributed by atoms with Gasteiger partial charge in [-0.3, -0.25) is 0 Å². The first-order valence-electron chi connectivity index (χ1n) is 11.6. The van der Waals surface area contributed by atoms with E-state index in [1.807, 2.05) is 48.5 Å².